The molecule has 1 aliphatic rings. The molecule has 0 spiro atoms. The Bertz CT molecular complexity index is 882. The van der Waals surface area contributed by atoms with Gasteiger partial charge in [-0.1, -0.05) is 30.3 Å². The molecular formula is C19H24N2O4S. The smallest absolute Gasteiger partial charge is 0.240 e. The summed E-state index contributed by atoms with van der Waals surface area (Å²) in [5.41, 5.74) is 0. The lowest BCUT2D eigenvalue weighted by atomic mass is 10.1. The van der Waals surface area contributed by atoms with Crippen molar-refractivity contribution < 1.29 is 17.9 Å². The lowest BCUT2D eigenvalue weighted by Gasteiger charge is -2.19. The molecule has 140 valence electrons. The van der Waals surface area contributed by atoms with Crippen molar-refractivity contribution in [1.29, 1.82) is 0 Å². The third-order valence-corrected chi connectivity index (χ3v) is 6.24. The van der Waals surface area contributed by atoms with Crippen LogP contribution in [0.1, 0.15) is 25.7 Å². The summed E-state index contributed by atoms with van der Waals surface area (Å²) in [6, 6.07) is 12.6. The van der Waals surface area contributed by atoms with E-state index in [0.29, 0.717) is 0 Å². The van der Waals surface area contributed by atoms with Crippen molar-refractivity contribution in [2.24, 2.45) is 0 Å². The van der Waals surface area contributed by atoms with Gasteiger partial charge in [0.2, 0.25) is 15.9 Å². The third kappa shape index (κ3) is 4.41. The lowest BCUT2D eigenvalue weighted by molar-refractivity contribution is -0.122. The summed E-state index contributed by atoms with van der Waals surface area (Å²) in [7, 11) is -2.00. The molecule has 6 nitrogen and oxygen atoms in total. The van der Waals surface area contributed by atoms with Crippen molar-refractivity contribution >= 4 is 26.7 Å². The van der Waals surface area contributed by atoms with Crippen LogP contribution in [0.4, 0.5) is 0 Å². The Labute approximate surface area is 154 Å². The molecule has 2 aromatic carbocycles. The molecule has 2 atom stereocenters. The van der Waals surface area contributed by atoms with Gasteiger partial charge in [-0.15, -0.1) is 0 Å². The van der Waals surface area contributed by atoms with E-state index < -0.39 is 10.0 Å². The average molecular weight is 376 g/mol. The van der Waals surface area contributed by atoms with E-state index >= 15 is 0 Å². The molecule has 1 amide bonds. The van der Waals surface area contributed by atoms with Crippen LogP contribution < -0.4 is 10.0 Å². The largest absolute Gasteiger partial charge is 0.379 e. The second kappa shape index (κ2) is 8.16. The predicted octanol–water partition coefficient (Wildman–Crippen LogP) is 2.19. The molecule has 2 N–H and O–H groups in total. The molecule has 0 aromatic heterocycles. The molecule has 0 heterocycles. The number of carbonyl (C=O) groups excluding carboxylic acids is 1. The number of rotatable bonds is 7. The monoisotopic (exact) mass is 376 g/mol. The standard InChI is InChI=1S/C19H24N2O4S/c1-25-18-8-4-7-17(18)21-19(22)11-12-20-26(23,24)16-10-9-14-5-2-3-6-15(14)13-16/h2-3,5-6,9-10,13,17-18,20H,4,7-8,11-12H2,1H3,(H,21,22). The van der Waals surface area contributed by atoms with E-state index in [1.807, 2.05) is 24.3 Å². The summed E-state index contributed by atoms with van der Waals surface area (Å²) in [6.45, 7) is 0.0609. The molecule has 0 bridgehead atoms. The molecule has 2 unspecified atom stereocenters. The number of methoxy groups -OCH3 is 1. The van der Waals surface area contributed by atoms with Crippen LogP contribution in [0, 0.1) is 0 Å². The molecule has 0 saturated heterocycles. The average Bonchev–Trinajstić information content (AvgIpc) is 3.08. The van der Waals surface area contributed by atoms with Gasteiger partial charge in [0, 0.05) is 20.1 Å². The molecule has 3 rings (SSSR count). The number of amides is 1. The Morgan fingerprint density at radius 3 is 2.69 bits per heavy atom. The number of ether oxygens (including phenoxy) is 1. The van der Waals surface area contributed by atoms with Gasteiger partial charge in [-0.25, -0.2) is 13.1 Å². The first-order valence-corrected chi connectivity index (χ1v) is 10.3. The molecule has 1 saturated carbocycles. The predicted molar refractivity (Wildman–Crippen MR) is 100 cm³/mol. The minimum atomic E-state index is -3.64. The first-order valence-electron chi connectivity index (χ1n) is 8.80. The van der Waals surface area contributed by atoms with Crippen LogP contribution in [-0.2, 0) is 19.6 Å². The highest BCUT2D eigenvalue weighted by Gasteiger charge is 2.28. The second-order valence-corrected chi connectivity index (χ2v) is 8.30. The molecule has 1 fully saturated rings. The van der Waals surface area contributed by atoms with Crippen LogP contribution in [0.3, 0.4) is 0 Å². The van der Waals surface area contributed by atoms with Crippen molar-refractivity contribution in [2.45, 2.75) is 42.7 Å². The minimum Gasteiger partial charge on any atom is -0.379 e. The first-order chi connectivity index (χ1) is 12.5. The van der Waals surface area contributed by atoms with Crippen LogP contribution in [0.25, 0.3) is 10.8 Å². The summed E-state index contributed by atoms with van der Waals surface area (Å²) >= 11 is 0. The van der Waals surface area contributed by atoms with E-state index in [4.69, 9.17) is 4.74 Å². The SMILES string of the molecule is COC1CCCC1NC(=O)CCNS(=O)(=O)c1ccc2ccccc2c1. The van der Waals surface area contributed by atoms with Crippen LogP contribution in [0.5, 0.6) is 0 Å². The summed E-state index contributed by atoms with van der Waals surface area (Å²) in [4.78, 5) is 12.3. The fourth-order valence-electron chi connectivity index (χ4n) is 3.37. The van der Waals surface area contributed by atoms with Gasteiger partial charge in [-0.2, -0.15) is 0 Å². The number of sulfonamides is 1. The number of benzene rings is 2. The van der Waals surface area contributed by atoms with Gasteiger partial charge in [0.25, 0.3) is 0 Å². The van der Waals surface area contributed by atoms with Crippen molar-refractivity contribution in [3.63, 3.8) is 0 Å². The number of hydrogen-bond donors (Lipinski definition) is 2. The summed E-state index contributed by atoms with van der Waals surface area (Å²) in [5.74, 6) is -0.167. The van der Waals surface area contributed by atoms with E-state index in [0.717, 1.165) is 30.0 Å². The lowest BCUT2D eigenvalue weighted by Crippen LogP contribution is -2.41. The van der Waals surface area contributed by atoms with E-state index in [2.05, 4.69) is 10.0 Å². The van der Waals surface area contributed by atoms with Gasteiger partial charge in [0.05, 0.1) is 17.0 Å². The fraction of sp³-hybridized carbons (Fsp3) is 0.421. The molecule has 26 heavy (non-hydrogen) atoms. The molecular weight excluding hydrogens is 352 g/mol. The highest BCUT2D eigenvalue weighted by atomic mass is 32.2. The van der Waals surface area contributed by atoms with Crippen molar-refractivity contribution in [3.8, 4) is 0 Å². The topological polar surface area (TPSA) is 84.5 Å². The van der Waals surface area contributed by atoms with E-state index in [-0.39, 0.29) is 35.9 Å². The van der Waals surface area contributed by atoms with E-state index in [1.165, 1.54) is 0 Å². The zero-order valence-corrected chi connectivity index (χ0v) is 15.6. The van der Waals surface area contributed by atoms with E-state index in [1.54, 1.807) is 25.3 Å². The maximum atomic E-state index is 12.4. The third-order valence-electron chi connectivity index (χ3n) is 4.78. The summed E-state index contributed by atoms with van der Waals surface area (Å²) in [5, 5.41) is 4.77. The van der Waals surface area contributed by atoms with Crippen LogP contribution in [0.2, 0.25) is 0 Å². The number of nitrogens with one attached hydrogen (secondary N) is 2. The highest BCUT2D eigenvalue weighted by molar-refractivity contribution is 7.89. The van der Waals surface area contributed by atoms with E-state index in [9.17, 15) is 13.2 Å². The fourth-order valence-corrected chi connectivity index (χ4v) is 4.44. The van der Waals surface area contributed by atoms with Crippen LogP contribution in [-0.4, -0.2) is 40.1 Å². The zero-order valence-electron chi connectivity index (χ0n) is 14.8. The van der Waals surface area contributed by atoms with Gasteiger partial charge in [-0.05, 0) is 42.2 Å². The maximum Gasteiger partial charge on any atom is 0.240 e. The van der Waals surface area contributed by atoms with Crippen molar-refractivity contribution in [3.05, 3.63) is 42.5 Å². The Morgan fingerprint density at radius 1 is 1.15 bits per heavy atom. The van der Waals surface area contributed by atoms with Crippen molar-refractivity contribution in [1.82, 2.24) is 10.0 Å². The highest BCUT2D eigenvalue weighted by Crippen LogP contribution is 2.21. The zero-order chi connectivity index (χ0) is 18.6. The molecule has 0 radical (unpaired) electrons. The molecule has 0 aliphatic heterocycles. The van der Waals surface area contributed by atoms with Gasteiger partial charge in [0.1, 0.15) is 0 Å². The van der Waals surface area contributed by atoms with Crippen LogP contribution >= 0.6 is 0 Å². The van der Waals surface area contributed by atoms with Gasteiger partial charge in [-0.3, -0.25) is 4.79 Å². The Kier molecular flexibility index (Phi) is 5.90. The minimum absolute atomic E-state index is 0.0181. The number of hydrogen-bond acceptors (Lipinski definition) is 4. The number of fused-ring (bicyclic) bond motifs is 1. The van der Waals surface area contributed by atoms with Gasteiger partial charge < -0.3 is 10.1 Å². The molecule has 7 heteroatoms. The van der Waals surface area contributed by atoms with Crippen LogP contribution in [0.15, 0.2) is 47.4 Å². The molecule has 2 aromatic rings. The van der Waals surface area contributed by atoms with Gasteiger partial charge >= 0.3 is 0 Å². The Hall–Kier alpha value is -1.96. The van der Waals surface area contributed by atoms with Gasteiger partial charge in [0.15, 0.2) is 0 Å². The quantitative estimate of drug-likeness (QED) is 0.776. The number of carbonyl (C=O) groups is 1. The van der Waals surface area contributed by atoms with Crippen molar-refractivity contribution in [2.75, 3.05) is 13.7 Å². The maximum absolute atomic E-state index is 12.4. The Morgan fingerprint density at radius 2 is 1.92 bits per heavy atom. The molecule has 1 aliphatic carbocycles. The second-order valence-electron chi connectivity index (χ2n) is 6.54. The first kappa shape index (κ1) is 18.8. The normalized spacial score (nSPS) is 20.3. The summed E-state index contributed by atoms with van der Waals surface area (Å²) < 4.78 is 32.7. The Balaban J connectivity index is 1.55. The summed E-state index contributed by atoms with van der Waals surface area (Å²) in [6.07, 6.45) is 3.01.